The minimum Gasteiger partial charge on any atom is -0.478 e. The standard InChI is InChI=1S/C16H8O4/c1-3-9-5-11(15(17)18)8-14-10(4-2)6-12(16(19)20)7-13(9)14/h1-2,5-8H,(H,17,18)(H,19,20). The van der Waals surface area contributed by atoms with Gasteiger partial charge in [0.15, 0.2) is 0 Å². The monoisotopic (exact) mass is 264 g/mol. The lowest BCUT2D eigenvalue weighted by Gasteiger charge is -2.08. The van der Waals surface area contributed by atoms with E-state index in [0.717, 1.165) is 0 Å². The topological polar surface area (TPSA) is 74.6 Å². The normalized spacial score (nSPS) is 9.70. The van der Waals surface area contributed by atoms with E-state index in [-0.39, 0.29) is 11.1 Å². The first-order valence-corrected chi connectivity index (χ1v) is 5.49. The van der Waals surface area contributed by atoms with E-state index in [0.29, 0.717) is 21.9 Å². The molecule has 4 heteroatoms. The first-order chi connectivity index (χ1) is 9.47. The molecule has 0 spiro atoms. The number of hydrogen-bond donors (Lipinski definition) is 2. The van der Waals surface area contributed by atoms with Crippen LogP contribution in [0.25, 0.3) is 10.8 Å². The molecular weight excluding hydrogens is 256 g/mol. The van der Waals surface area contributed by atoms with Gasteiger partial charge in [-0.2, -0.15) is 0 Å². The van der Waals surface area contributed by atoms with E-state index in [1.54, 1.807) is 0 Å². The fraction of sp³-hybridized carbons (Fsp3) is 0. The SMILES string of the molecule is C#Cc1cc(C(=O)O)cc2c(C#C)cc(C(=O)O)cc12. The lowest BCUT2D eigenvalue weighted by Crippen LogP contribution is -2.01. The van der Waals surface area contributed by atoms with Gasteiger partial charge in [-0.05, 0) is 35.0 Å². The van der Waals surface area contributed by atoms with Gasteiger partial charge < -0.3 is 10.2 Å². The molecule has 0 aliphatic heterocycles. The Hall–Kier alpha value is -3.24. The van der Waals surface area contributed by atoms with Crippen molar-refractivity contribution in [2.75, 3.05) is 0 Å². The Bertz CT molecular complexity index is 761. The highest BCUT2D eigenvalue weighted by Crippen LogP contribution is 2.26. The fourth-order valence-electron chi connectivity index (χ4n) is 1.95. The average Bonchev–Trinajstić information content (AvgIpc) is 2.44. The number of fused-ring (bicyclic) bond motifs is 1. The summed E-state index contributed by atoms with van der Waals surface area (Å²) in [6.45, 7) is 0. The Morgan fingerprint density at radius 3 is 1.40 bits per heavy atom. The summed E-state index contributed by atoms with van der Waals surface area (Å²) in [5.74, 6) is 2.45. The van der Waals surface area contributed by atoms with E-state index in [1.807, 2.05) is 0 Å². The second-order valence-corrected chi connectivity index (χ2v) is 4.04. The van der Waals surface area contributed by atoms with Gasteiger partial charge in [-0.25, -0.2) is 9.59 Å². The molecule has 0 atom stereocenters. The zero-order chi connectivity index (χ0) is 14.9. The number of rotatable bonds is 2. The van der Waals surface area contributed by atoms with Crippen LogP contribution in [0.3, 0.4) is 0 Å². The van der Waals surface area contributed by atoms with Gasteiger partial charge in [0, 0.05) is 11.1 Å². The highest BCUT2D eigenvalue weighted by atomic mass is 16.4. The first kappa shape index (κ1) is 13.2. The number of terminal acetylenes is 2. The maximum atomic E-state index is 11.1. The quantitative estimate of drug-likeness (QED) is 0.815. The lowest BCUT2D eigenvalue weighted by molar-refractivity contribution is 0.0686. The summed E-state index contributed by atoms with van der Waals surface area (Å²) in [6.07, 6.45) is 10.7. The molecule has 2 aromatic carbocycles. The summed E-state index contributed by atoms with van der Waals surface area (Å²) >= 11 is 0. The van der Waals surface area contributed by atoms with Gasteiger partial charge in [0.05, 0.1) is 11.1 Å². The number of carbonyl (C=O) groups is 2. The molecule has 2 N–H and O–H groups in total. The van der Waals surface area contributed by atoms with Gasteiger partial charge in [0.1, 0.15) is 0 Å². The molecule has 0 fully saturated rings. The van der Waals surface area contributed by atoms with Gasteiger partial charge in [-0.3, -0.25) is 0 Å². The predicted octanol–water partition coefficient (Wildman–Crippen LogP) is 2.20. The Morgan fingerprint density at radius 1 is 0.800 bits per heavy atom. The molecular formula is C16H8O4. The summed E-state index contributed by atoms with van der Waals surface area (Å²) in [4.78, 5) is 22.1. The molecule has 0 amide bonds. The fourth-order valence-corrected chi connectivity index (χ4v) is 1.95. The van der Waals surface area contributed by atoms with Gasteiger partial charge in [0.2, 0.25) is 0 Å². The minimum absolute atomic E-state index is 0.00465. The third-order valence-electron chi connectivity index (χ3n) is 2.87. The van der Waals surface area contributed by atoms with Gasteiger partial charge in [-0.1, -0.05) is 11.8 Å². The van der Waals surface area contributed by atoms with Gasteiger partial charge in [0.25, 0.3) is 0 Å². The van der Waals surface area contributed by atoms with Gasteiger partial charge in [-0.15, -0.1) is 12.8 Å². The molecule has 2 rings (SSSR count). The largest absolute Gasteiger partial charge is 0.478 e. The maximum Gasteiger partial charge on any atom is 0.335 e. The molecule has 0 aliphatic carbocycles. The maximum absolute atomic E-state index is 11.1. The Labute approximate surface area is 114 Å². The van der Waals surface area contributed by atoms with E-state index >= 15 is 0 Å². The summed E-state index contributed by atoms with van der Waals surface area (Å²) in [5.41, 5.74) is 0.592. The molecule has 0 saturated heterocycles. The molecule has 0 saturated carbocycles. The van der Waals surface area contributed by atoms with E-state index in [9.17, 15) is 9.59 Å². The molecule has 0 aliphatic rings. The Morgan fingerprint density at radius 2 is 1.15 bits per heavy atom. The van der Waals surface area contributed by atoms with Crippen LogP contribution in [0.4, 0.5) is 0 Å². The zero-order valence-corrected chi connectivity index (χ0v) is 10.2. The van der Waals surface area contributed by atoms with Crippen LogP contribution in [-0.2, 0) is 0 Å². The number of benzene rings is 2. The van der Waals surface area contributed by atoms with Crippen molar-refractivity contribution < 1.29 is 19.8 Å². The number of hydrogen-bond acceptors (Lipinski definition) is 2. The third-order valence-corrected chi connectivity index (χ3v) is 2.87. The summed E-state index contributed by atoms with van der Waals surface area (Å²) < 4.78 is 0. The molecule has 2 aromatic rings. The van der Waals surface area contributed by atoms with Crippen molar-refractivity contribution in [1.29, 1.82) is 0 Å². The van der Waals surface area contributed by atoms with Crippen molar-refractivity contribution >= 4 is 22.7 Å². The van der Waals surface area contributed by atoms with Crippen LogP contribution in [0, 0.1) is 24.7 Å². The summed E-state index contributed by atoms with van der Waals surface area (Å²) in [6, 6.07) is 5.41. The molecule has 4 nitrogen and oxygen atoms in total. The zero-order valence-electron chi connectivity index (χ0n) is 10.2. The molecule has 0 aromatic heterocycles. The summed E-state index contributed by atoms with van der Waals surface area (Å²) in [7, 11) is 0. The highest BCUT2D eigenvalue weighted by Gasteiger charge is 2.13. The summed E-state index contributed by atoms with van der Waals surface area (Å²) in [5, 5.41) is 19.0. The average molecular weight is 264 g/mol. The third kappa shape index (κ3) is 2.07. The molecule has 0 radical (unpaired) electrons. The van der Waals surface area contributed by atoms with Crippen molar-refractivity contribution in [3.63, 3.8) is 0 Å². The van der Waals surface area contributed by atoms with Crippen LogP contribution >= 0.6 is 0 Å². The molecule has 0 heterocycles. The highest BCUT2D eigenvalue weighted by molar-refractivity contribution is 6.03. The van der Waals surface area contributed by atoms with E-state index in [1.165, 1.54) is 24.3 Å². The van der Waals surface area contributed by atoms with Crippen molar-refractivity contribution in [3.8, 4) is 24.7 Å². The second kappa shape index (κ2) is 4.79. The predicted molar refractivity (Wildman–Crippen MR) is 73.7 cm³/mol. The van der Waals surface area contributed by atoms with Crippen molar-refractivity contribution in [3.05, 3.63) is 46.5 Å². The van der Waals surface area contributed by atoms with Crippen LogP contribution < -0.4 is 0 Å². The lowest BCUT2D eigenvalue weighted by atomic mass is 9.95. The van der Waals surface area contributed by atoms with E-state index in [2.05, 4.69) is 11.8 Å². The Balaban J connectivity index is 2.98. The Kier molecular flexibility index (Phi) is 3.16. The second-order valence-electron chi connectivity index (χ2n) is 4.04. The van der Waals surface area contributed by atoms with Gasteiger partial charge >= 0.3 is 11.9 Å². The van der Waals surface area contributed by atoms with Crippen molar-refractivity contribution in [2.45, 2.75) is 0 Å². The van der Waals surface area contributed by atoms with Crippen LogP contribution in [0.1, 0.15) is 31.8 Å². The first-order valence-electron chi connectivity index (χ1n) is 5.49. The number of carboxylic acid groups (broad SMARTS) is 2. The number of carboxylic acids is 2. The van der Waals surface area contributed by atoms with E-state index in [4.69, 9.17) is 23.1 Å². The number of aromatic carboxylic acids is 2. The molecule has 20 heavy (non-hydrogen) atoms. The van der Waals surface area contributed by atoms with Crippen LogP contribution in [-0.4, -0.2) is 22.2 Å². The molecule has 96 valence electrons. The van der Waals surface area contributed by atoms with E-state index < -0.39 is 11.9 Å². The van der Waals surface area contributed by atoms with Crippen LogP contribution in [0.2, 0.25) is 0 Å². The van der Waals surface area contributed by atoms with Crippen LogP contribution in [0.5, 0.6) is 0 Å². The van der Waals surface area contributed by atoms with Crippen molar-refractivity contribution in [1.82, 2.24) is 0 Å². The van der Waals surface area contributed by atoms with Crippen LogP contribution in [0.15, 0.2) is 24.3 Å². The molecule has 0 unspecified atom stereocenters. The van der Waals surface area contributed by atoms with Crippen molar-refractivity contribution in [2.24, 2.45) is 0 Å². The molecule has 0 bridgehead atoms. The minimum atomic E-state index is -1.13. The smallest absolute Gasteiger partial charge is 0.335 e.